The van der Waals surface area contributed by atoms with E-state index >= 15 is 0 Å². The second-order valence-electron chi connectivity index (χ2n) is 15.6. The third-order valence-corrected chi connectivity index (χ3v) is 11.5. The summed E-state index contributed by atoms with van der Waals surface area (Å²) in [7, 11) is 1.46. The average Bonchev–Trinajstić information content (AvgIpc) is 3.67. The Labute approximate surface area is 330 Å². The Morgan fingerprint density at radius 1 is 0.982 bits per heavy atom. The van der Waals surface area contributed by atoms with Gasteiger partial charge in [-0.3, -0.25) is 18.8 Å². The van der Waals surface area contributed by atoms with Gasteiger partial charge in [0.1, 0.15) is 40.0 Å². The summed E-state index contributed by atoms with van der Waals surface area (Å²) in [4.78, 5) is 45.6. The number of carbonyl (C=O) groups excluding carboxylic acids is 3. The van der Waals surface area contributed by atoms with Gasteiger partial charge < -0.3 is 44.7 Å². The molecule has 9 atom stereocenters. The number of phenols is 2. The van der Waals surface area contributed by atoms with Crippen LogP contribution in [0.25, 0.3) is 27.5 Å². The second-order valence-corrected chi connectivity index (χ2v) is 15.6. The first-order valence-electron chi connectivity index (χ1n) is 19.0. The molecular formula is C43H51N3O11. The molecule has 4 heterocycles. The molecule has 14 heteroatoms. The number of rotatable bonds is 2. The predicted molar refractivity (Wildman–Crippen MR) is 213 cm³/mol. The molecule has 1 amide bonds. The molecule has 4 aromatic rings. The number of aliphatic hydroxyl groups is 2. The van der Waals surface area contributed by atoms with E-state index in [1.54, 1.807) is 63.4 Å². The Morgan fingerprint density at radius 3 is 2.35 bits per heavy atom. The van der Waals surface area contributed by atoms with Crippen molar-refractivity contribution in [2.45, 2.75) is 92.5 Å². The van der Waals surface area contributed by atoms with Crippen molar-refractivity contribution in [3.05, 3.63) is 71.2 Å². The van der Waals surface area contributed by atoms with Crippen LogP contribution in [-0.2, 0) is 23.8 Å². The van der Waals surface area contributed by atoms with Crippen molar-refractivity contribution in [1.29, 1.82) is 0 Å². The summed E-state index contributed by atoms with van der Waals surface area (Å²) in [5.41, 5.74) is 2.18. The number of imidazole rings is 1. The predicted octanol–water partition coefficient (Wildman–Crippen LogP) is 6.16. The Morgan fingerprint density at radius 2 is 1.68 bits per heavy atom. The number of ketones is 1. The summed E-state index contributed by atoms with van der Waals surface area (Å²) >= 11 is 0. The van der Waals surface area contributed by atoms with Crippen LogP contribution in [0.4, 0.5) is 5.69 Å². The number of carbonyl (C=O) groups is 3. The van der Waals surface area contributed by atoms with Crippen molar-refractivity contribution in [2.24, 2.45) is 23.7 Å². The van der Waals surface area contributed by atoms with Crippen LogP contribution < -0.4 is 10.1 Å². The van der Waals surface area contributed by atoms with E-state index in [4.69, 9.17) is 23.9 Å². The van der Waals surface area contributed by atoms with Crippen LogP contribution in [0.15, 0.2) is 54.5 Å². The van der Waals surface area contributed by atoms with Gasteiger partial charge in [0.05, 0.1) is 35.5 Å². The molecule has 0 saturated carbocycles. The lowest BCUT2D eigenvalue weighted by Crippen LogP contribution is -2.46. The number of aromatic nitrogens is 2. The molecular weight excluding hydrogens is 734 g/mol. The number of aromatic hydroxyl groups is 2. The molecule has 0 fully saturated rings. The SMILES string of the molecule is CO[C@@H]1/C=C/O[C@@]2(C)Oc3c(C)c(O)c4c(O)c(c5c(nc6cc(C)ccn65)c4c3C2=O)NC(=O)/C(C)=C\C=C\[C@H](C)[C@H](O)[C@H](C)[C@H](O)[C@H](C)[C@H](OC(C)=O)[C@@H]1C. The Hall–Kier alpha value is -5.44. The molecule has 304 valence electrons. The number of aliphatic hydroxyl groups excluding tert-OH is 2. The average molecular weight is 786 g/mol. The maximum absolute atomic E-state index is 14.6. The fraction of sp³-hybridized carbons (Fsp3) is 0.442. The number of esters is 1. The lowest BCUT2D eigenvalue weighted by molar-refractivity contribution is -0.160. The zero-order valence-electron chi connectivity index (χ0n) is 33.8. The van der Waals surface area contributed by atoms with Crippen molar-refractivity contribution in [2.75, 3.05) is 12.4 Å². The van der Waals surface area contributed by atoms with Crippen LogP contribution in [0.1, 0.15) is 70.0 Å². The number of benzene rings is 2. The molecule has 0 saturated heterocycles. The maximum atomic E-state index is 14.6. The monoisotopic (exact) mass is 785 g/mol. The van der Waals surface area contributed by atoms with Crippen molar-refractivity contribution < 1.29 is 53.8 Å². The topological polar surface area (TPSA) is 198 Å². The highest BCUT2D eigenvalue weighted by molar-refractivity contribution is 6.28. The van der Waals surface area contributed by atoms with E-state index in [0.717, 1.165) is 5.56 Å². The third-order valence-electron chi connectivity index (χ3n) is 11.5. The lowest BCUT2D eigenvalue weighted by Gasteiger charge is -2.38. The number of anilines is 1. The molecule has 6 rings (SSSR count). The van der Waals surface area contributed by atoms with E-state index in [0.29, 0.717) is 5.65 Å². The summed E-state index contributed by atoms with van der Waals surface area (Å²) in [6.07, 6.45) is 5.62. The molecule has 0 spiro atoms. The number of methoxy groups -OCH3 is 1. The number of allylic oxidation sites excluding steroid dienone is 2. The third kappa shape index (κ3) is 7.10. The van der Waals surface area contributed by atoms with Crippen LogP contribution in [-0.4, -0.2) is 84.8 Å². The standard InChI is InChI=1S/C43H51N3O11/c1-19-14-16-46-28(18-19)44-32-29-30-37(50)25(7)40-31(29)41(52)43(9,57-40)55-17-15-27(54-10)22(4)39(56-26(8)47)24(6)36(49)23(5)35(48)20(2)12-11-13-21(3)42(53)45-33(34(32)46)38(30)51/h11-18,20,22-24,27,35-36,39,48-51H,1-10H3,(H,45,53)/b12-11+,17-15+,21-13-/t20-,22+,23-,24-,27+,35-,36-,39+,43-/m0/s1. The zero-order valence-corrected chi connectivity index (χ0v) is 33.8. The lowest BCUT2D eigenvalue weighted by atomic mass is 9.78. The van der Waals surface area contributed by atoms with Crippen molar-refractivity contribution in [3.63, 3.8) is 0 Å². The number of pyridine rings is 1. The van der Waals surface area contributed by atoms with E-state index in [9.17, 15) is 34.8 Å². The molecule has 0 radical (unpaired) electrons. The number of Topliss-reactive ketones (excluding diaryl/α,β-unsaturated/α-hetero) is 1. The van der Waals surface area contributed by atoms with Crippen molar-refractivity contribution >= 4 is 50.8 Å². The van der Waals surface area contributed by atoms with Crippen molar-refractivity contribution in [3.8, 4) is 17.2 Å². The quantitative estimate of drug-likeness (QED) is 0.115. The van der Waals surface area contributed by atoms with Crippen LogP contribution in [0.3, 0.4) is 0 Å². The Balaban J connectivity index is 1.58. The largest absolute Gasteiger partial charge is 0.507 e. The highest BCUT2D eigenvalue weighted by Crippen LogP contribution is 2.54. The number of amides is 1. The number of ether oxygens (including phenoxy) is 4. The molecule has 2 aromatic heterocycles. The summed E-state index contributed by atoms with van der Waals surface area (Å²) in [5, 5.41) is 49.4. The summed E-state index contributed by atoms with van der Waals surface area (Å²) in [5.74, 6) is -6.96. The molecule has 14 nitrogen and oxygen atoms in total. The molecule has 2 aliphatic rings. The second kappa shape index (κ2) is 15.5. The fourth-order valence-corrected chi connectivity index (χ4v) is 8.03. The minimum absolute atomic E-state index is 0.0185. The molecule has 0 aliphatic carbocycles. The van der Waals surface area contributed by atoms with Gasteiger partial charge in [-0.15, -0.1) is 0 Å². The number of nitrogens with zero attached hydrogens (tertiary/aromatic N) is 2. The molecule has 5 N–H and O–H groups in total. The number of nitrogens with one attached hydrogen (secondary N) is 1. The Bertz CT molecular complexity index is 2380. The van der Waals surface area contributed by atoms with E-state index in [1.807, 2.05) is 19.1 Å². The number of hydrogen-bond acceptors (Lipinski definition) is 12. The Kier molecular flexibility index (Phi) is 11.2. The number of fused-ring (bicyclic) bond motifs is 2. The molecule has 2 aliphatic heterocycles. The fourth-order valence-electron chi connectivity index (χ4n) is 8.03. The van der Waals surface area contributed by atoms with Crippen LogP contribution in [0.5, 0.6) is 17.2 Å². The van der Waals surface area contributed by atoms with E-state index < -0.39 is 77.3 Å². The number of hydrogen-bond donors (Lipinski definition) is 5. The van der Waals surface area contributed by atoms with Gasteiger partial charge in [0, 0.05) is 67.3 Å². The van der Waals surface area contributed by atoms with Gasteiger partial charge in [-0.1, -0.05) is 45.9 Å². The molecule has 0 unspecified atom stereocenters. The smallest absolute Gasteiger partial charge is 0.312 e. The van der Waals surface area contributed by atoms with Gasteiger partial charge in [-0.25, -0.2) is 4.98 Å². The molecule has 2 aromatic carbocycles. The first-order chi connectivity index (χ1) is 26.8. The summed E-state index contributed by atoms with van der Waals surface area (Å²) in [6.45, 7) is 14.7. The molecule has 4 bridgehead atoms. The first kappa shape index (κ1) is 41.2. The molecule has 57 heavy (non-hydrogen) atoms. The minimum Gasteiger partial charge on any atom is -0.507 e. The first-order valence-corrected chi connectivity index (χ1v) is 19.0. The van der Waals surface area contributed by atoms with Gasteiger partial charge >= 0.3 is 11.8 Å². The van der Waals surface area contributed by atoms with Crippen LogP contribution in [0, 0.1) is 37.5 Å². The maximum Gasteiger partial charge on any atom is 0.312 e. The summed E-state index contributed by atoms with van der Waals surface area (Å²) in [6, 6.07) is 3.64. The normalized spacial score (nSPS) is 30.8. The van der Waals surface area contributed by atoms with E-state index in [2.05, 4.69) is 5.32 Å². The number of phenolic OH excluding ortho intramolecular Hbond substituents is 2. The highest BCUT2D eigenvalue weighted by atomic mass is 16.7. The van der Waals surface area contributed by atoms with Gasteiger partial charge in [0.15, 0.2) is 5.75 Å². The van der Waals surface area contributed by atoms with Gasteiger partial charge in [-0.05, 0) is 44.5 Å². The van der Waals surface area contributed by atoms with E-state index in [1.165, 1.54) is 40.2 Å². The van der Waals surface area contributed by atoms with Crippen LogP contribution >= 0.6 is 0 Å². The van der Waals surface area contributed by atoms with Crippen molar-refractivity contribution in [1.82, 2.24) is 9.38 Å². The zero-order chi connectivity index (χ0) is 41.8. The van der Waals surface area contributed by atoms with Gasteiger partial charge in [0.25, 0.3) is 11.7 Å². The van der Waals surface area contributed by atoms with Gasteiger partial charge in [0.2, 0.25) is 0 Å². The highest BCUT2D eigenvalue weighted by Gasteiger charge is 2.50. The minimum atomic E-state index is -1.96. The summed E-state index contributed by atoms with van der Waals surface area (Å²) < 4.78 is 25.5. The van der Waals surface area contributed by atoms with E-state index in [-0.39, 0.29) is 55.7 Å². The number of aryl methyl sites for hydroxylation is 1. The van der Waals surface area contributed by atoms with Gasteiger partial charge in [-0.2, -0.15) is 0 Å². The van der Waals surface area contributed by atoms with Crippen LogP contribution in [0.2, 0.25) is 0 Å².